The zero-order valence-corrected chi connectivity index (χ0v) is 6.25. The van der Waals surface area contributed by atoms with E-state index in [0.717, 1.165) is 5.57 Å². The molecule has 0 spiro atoms. The minimum Gasteiger partial charge on any atom is -0.396 e. The molecule has 0 heterocycles. The largest absolute Gasteiger partial charge is 0.396 e. The van der Waals surface area contributed by atoms with Gasteiger partial charge in [0, 0.05) is 12.8 Å². The van der Waals surface area contributed by atoms with E-state index in [1.54, 1.807) is 6.20 Å². The maximum Gasteiger partial charge on any atom is 0.0471 e. The van der Waals surface area contributed by atoms with Crippen LogP contribution in [0.3, 0.4) is 0 Å². The molecule has 0 aromatic heterocycles. The molecule has 0 saturated carbocycles. The molecule has 0 fully saturated rings. The second kappa shape index (κ2) is 6.23. The Hall–Kier alpha value is -0.890. The van der Waals surface area contributed by atoms with Gasteiger partial charge in [-0.15, -0.1) is 0 Å². The first-order valence-electron chi connectivity index (χ1n) is 3.23. The zero-order chi connectivity index (χ0) is 7.82. The monoisotopic (exact) mass is 139 g/mol. The molecule has 56 valence electrons. The van der Waals surface area contributed by atoms with Gasteiger partial charge in [-0.05, 0) is 31.7 Å². The van der Waals surface area contributed by atoms with E-state index in [4.69, 9.17) is 5.11 Å². The minimum absolute atomic E-state index is 0.182. The Morgan fingerprint density at radius 1 is 1.70 bits per heavy atom. The summed E-state index contributed by atoms with van der Waals surface area (Å²) in [6.45, 7) is 5.41. The maximum absolute atomic E-state index is 8.55. The third kappa shape index (κ3) is 4.04. The molecule has 0 bridgehead atoms. The van der Waals surface area contributed by atoms with Crippen LogP contribution in [-0.2, 0) is 0 Å². The van der Waals surface area contributed by atoms with Gasteiger partial charge < -0.3 is 5.11 Å². The molecule has 10 heavy (non-hydrogen) atoms. The van der Waals surface area contributed by atoms with Crippen molar-refractivity contribution in [3.05, 3.63) is 23.9 Å². The topological polar surface area (TPSA) is 32.6 Å². The number of allylic oxidation sites excluding steroid dienone is 2. The average molecular weight is 139 g/mol. The predicted molar refractivity (Wildman–Crippen MR) is 44.1 cm³/mol. The number of aliphatic hydroxyl groups excluding tert-OH is 1. The van der Waals surface area contributed by atoms with Crippen molar-refractivity contribution in [2.24, 2.45) is 4.99 Å². The van der Waals surface area contributed by atoms with Gasteiger partial charge in [-0.1, -0.05) is 6.08 Å². The van der Waals surface area contributed by atoms with Gasteiger partial charge in [0.25, 0.3) is 0 Å². The van der Waals surface area contributed by atoms with Crippen molar-refractivity contribution in [3.63, 3.8) is 0 Å². The average Bonchev–Trinajstić information content (AvgIpc) is 1.98. The summed E-state index contributed by atoms with van der Waals surface area (Å²) in [5, 5.41) is 8.55. The molecular weight excluding hydrogens is 126 g/mol. The quantitative estimate of drug-likeness (QED) is 0.465. The second-order valence-corrected chi connectivity index (χ2v) is 1.84. The number of rotatable bonds is 4. The van der Waals surface area contributed by atoms with Crippen LogP contribution in [0.15, 0.2) is 28.9 Å². The number of aliphatic imine (C=N–C) groups is 1. The predicted octanol–water partition coefficient (Wildman–Crippen LogP) is 1.53. The molecule has 0 aromatic carbocycles. The maximum atomic E-state index is 8.55. The Morgan fingerprint density at radius 3 is 2.80 bits per heavy atom. The Bertz CT molecular complexity index is 147. The highest BCUT2D eigenvalue weighted by Gasteiger charge is 1.86. The number of nitrogens with zero attached hydrogens (tertiary/aromatic N) is 1. The molecule has 0 radical (unpaired) electrons. The lowest BCUT2D eigenvalue weighted by Crippen LogP contribution is -1.83. The Labute approximate surface area is 61.6 Å². The second-order valence-electron chi connectivity index (χ2n) is 1.84. The fraction of sp³-hybridized carbons (Fsp3) is 0.375. The molecule has 0 aromatic rings. The molecular formula is C8H13NO. The SMILES string of the molecule is C=N/C=C\C(=C/C)CCO. The summed E-state index contributed by atoms with van der Waals surface area (Å²) in [5.74, 6) is 0. The molecule has 0 aliphatic rings. The van der Waals surface area contributed by atoms with Crippen LogP contribution < -0.4 is 0 Å². The van der Waals surface area contributed by atoms with E-state index in [0.29, 0.717) is 6.42 Å². The summed E-state index contributed by atoms with van der Waals surface area (Å²) in [6, 6.07) is 0. The van der Waals surface area contributed by atoms with E-state index in [1.807, 2.05) is 19.1 Å². The van der Waals surface area contributed by atoms with Crippen molar-refractivity contribution in [2.45, 2.75) is 13.3 Å². The van der Waals surface area contributed by atoms with Gasteiger partial charge in [0.2, 0.25) is 0 Å². The van der Waals surface area contributed by atoms with Crippen LogP contribution in [0.2, 0.25) is 0 Å². The van der Waals surface area contributed by atoms with Crippen LogP contribution in [0.5, 0.6) is 0 Å². The van der Waals surface area contributed by atoms with Crippen molar-refractivity contribution in [3.8, 4) is 0 Å². The first-order valence-corrected chi connectivity index (χ1v) is 3.23. The van der Waals surface area contributed by atoms with Crippen molar-refractivity contribution in [1.29, 1.82) is 0 Å². The summed E-state index contributed by atoms with van der Waals surface area (Å²) >= 11 is 0. The zero-order valence-electron chi connectivity index (χ0n) is 6.25. The number of aliphatic hydroxyl groups is 1. The smallest absolute Gasteiger partial charge is 0.0471 e. The minimum atomic E-state index is 0.182. The first-order chi connectivity index (χ1) is 4.85. The third-order valence-electron chi connectivity index (χ3n) is 1.17. The molecule has 0 amide bonds. The summed E-state index contributed by atoms with van der Waals surface area (Å²) < 4.78 is 0. The number of hydrogen-bond acceptors (Lipinski definition) is 2. The normalized spacial score (nSPS) is 12.4. The summed E-state index contributed by atoms with van der Waals surface area (Å²) in [6.07, 6.45) is 6.08. The summed E-state index contributed by atoms with van der Waals surface area (Å²) in [5.41, 5.74) is 1.08. The number of hydrogen-bond donors (Lipinski definition) is 1. The molecule has 0 aliphatic heterocycles. The molecule has 0 atom stereocenters. The Morgan fingerprint density at radius 2 is 2.40 bits per heavy atom. The summed E-state index contributed by atoms with van der Waals surface area (Å²) in [4.78, 5) is 3.55. The van der Waals surface area contributed by atoms with Crippen molar-refractivity contribution >= 4 is 6.72 Å². The van der Waals surface area contributed by atoms with E-state index in [1.165, 1.54) is 0 Å². The van der Waals surface area contributed by atoms with Gasteiger partial charge in [-0.2, -0.15) is 0 Å². The van der Waals surface area contributed by atoms with Crippen molar-refractivity contribution in [2.75, 3.05) is 6.61 Å². The molecule has 1 N–H and O–H groups in total. The van der Waals surface area contributed by atoms with Crippen LogP contribution in [0, 0.1) is 0 Å². The lowest BCUT2D eigenvalue weighted by Gasteiger charge is -1.94. The Balaban J connectivity index is 3.84. The van der Waals surface area contributed by atoms with E-state index >= 15 is 0 Å². The van der Waals surface area contributed by atoms with E-state index in [9.17, 15) is 0 Å². The fourth-order valence-electron chi connectivity index (χ4n) is 0.601. The van der Waals surface area contributed by atoms with Crippen molar-refractivity contribution in [1.82, 2.24) is 0 Å². The van der Waals surface area contributed by atoms with Gasteiger partial charge in [-0.25, -0.2) is 0 Å². The molecule has 0 aliphatic carbocycles. The molecule has 0 rings (SSSR count). The van der Waals surface area contributed by atoms with E-state index < -0.39 is 0 Å². The highest BCUT2D eigenvalue weighted by atomic mass is 16.2. The first kappa shape index (κ1) is 9.11. The van der Waals surface area contributed by atoms with Gasteiger partial charge in [0.05, 0.1) is 0 Å². The van der Waals surface area contributed by atoms with Gasteiger partial charge >= 0.3 is 0 Å². The molecule has 2 nitrogen and oxygen atoms in total. The van der Waals surface area contributed by atoms with E-state index in [2.05, 4.69) is 11.7 Å². The fourth-order valence-corrected chi connectivity index (χ4v) is 0.601. The standard InChI is InChI=1S/C8H13NO/c1-3-8(5-7-10)4-6-9-2/h3-4,6,10H,2,5,7H2,1H3/b6-4-,8-3+. The third-order valence-corrected chi connectivity index (χ3v) is 1.17. The highest BCUT2D eigenvalue weighted by molar-refractivity contribution is 5.27. The Kier molecular flexibility index (Phi) is 5.68. The molecule has 0 unspecified atom stereocenters. The lowest BCUT2D eigenvalue weighted by molar-refractivity contribution is 0.300. The van der Waals surface area contributed by atoms with Crippen LogP contribution >= 0.6 is 0 Å². The van der Waals surface area contributed by atoms with E-state index in [-0.39, 0.29) is 6.61 Å². The summed E-state index contributed by atoms with van der Waals surface area (Å²) in [7, 11) is 0. The van der Waals surface area contributed by atoms with Gasteiger partial charge in [-0.3, -0.25) is 4.99 Å². The van der Waals surface area contributed by atoms with Crippen LogP contribution in [-0.4, -0.2) is 18.4 Å². The highest BCUT2D eigenvalue weighted by Crippen LogP contribution is 2.01. The van der Waals surface area contributed by atoms with Crippen LogP contribution in [0.4, 0.5) is 0 Å². The lowest BCUT2D eigenvalue weighted by atomic mass is 10.2. The van der Waals surface area contributed by atoms with Crippen molar-refractivity contribution < 1.29 is 5.11 Å². The van der Waals surface area contributed by atoms with Crippen LogP contribution in [0.25, 0.3) is 0 Å². The van der Waals surface area contributed by atoms with Gasteiger partial charge in [0.15, 0.2) is 0 Å². The molecule has 0 saturated heterocycles. The van der Waals surface area contributed by atoms with Crippen LogP contribution in [0.1, 0.15) is 13.3 Å². The van der Waals surface area contributed by atoms with Gasteiger partial charge in [0.1, 0.15) is 0 Å². The molecule has 2 heteroatoms.